The molecule has 0 aliphatic carbocycles. The molecule has 0 bridgehead atoms. The highest BCUT2D eigenvalue weighted by atomic mass is 32.2. The van der Waals surface area contributed by atoms with E-state index in [1.807, 2.05) is 30.3 Å². The Bertz CT molecular complexity index is 1040. The standard InChI is InChI=1S/C18H17NO5S/c1-12-15-10-14(8-9-16(15)24-17(12)18(20)21)25(22,23)19(2)11-13-6-4-3-5-7-13/h3-10H,11H2,1-2H3,(H,20,21)/p-1. The molecule has 0 radical (unpaired) electrons. The zero-order chi connectivity index (χ0) is 18.2. The van der Waals surface area contributed by atoms with Crippen molar-refractivity contribution in [3.63, 3.8) is 0 Å². The minimum atomic E-state index is -3.73. The number of sulfonamides is 1. The lowest BCUT2D eigenvalue weighted by Crippen LogP contribution is -2.26. The van der Waals surface area contributed by atoms with Gasteiger partial charge in [-0.1, -0.05) is 30.3 Å². The van der Waals surface area contributed by atoms with Gasteiger partial charge in [0.25, 0.3) is 0 Å². The highest BCUT2D eigenvalue weighted by molar-refractivity contribution is 7.89. The second-order valence-electron chi connectivity index (χ2n) is 5.75. The lowest BCUT2D eigenvalue weighted by molar-refractivity contribution is -0.257. The van der Waals surface area contributed by atoms with Gasteiger partial charge in [0.2, 0.25) is 10.0 Å². The Morgan fingerprint density at radius 3 is 2.48 bits per heavy atom. The number of carboxylic acids is 1. The summed E-state index contributed by atoms with van der Waals surface area (Å²) in [5.41, 5.74) is 1.52. The Morgan fingerprint density at radius 2 is 1.84 bits per heavy atom. The maximum Gasteiger partial charge on any atom is 0.243 e. The minimum Gasteiger partial charge on any atom is -0.542 e. The Hall–Kier alpha value is -2.64. The summed E-state index contributed by atoms with van der Waals surface area (Å²) >= 11 is 0. The minimum absolute atomic E-state index is 0.0761. The predicted octanol–water partition coefficient (Wildman–Crippen LogP) is 1.93. The molecule has 0 fully saturated rings. The normalized spacial score (nSPS) is 12.0. The van der Waals surface area contributed by atoms with Crippen molar-refractivity contribution in [1.29, 1.82) is 0 Å². The van der Waals surface area contributed by atoms with Crippen LogP contribution < -0.4 is 5.11 Å². The summed E-state index contributed by atoms with van der Waals surface area (Å²) < 4.78 is 32.1. The van der Waals surface area contributed by atoms with Gasteiger partial charge >= 0.3 is 0 Å². The largest absolute Gasteiger partial charge is 0.542 e. The van der Waals surface area contributed by atoms with Crippen LogP contribution in [-0.4, -0.2) is 25.7 Å². The van der Waals surface area contributed by atoms with E-state index in [-0.39, 0.29) is 17.2 Å². The van der Waals surface area contributed by atoms with Gasteiger partial charge < -0.3 is 14.3 Å². The molecule has 1 heterocycles. The number of rotatable bonds is 5. The molecule has 0 atom stereocenters. The van der Waals surface area contributed by atoms with Crippen LogP contribution in [0.5, 0.6) is 0 Å². The monoisotopic (exact) mass is 358 g/mol. The van der Waals surface area contributed by atoms with Gasteiger partial charge in [0.05, 0.1) is 4.90 Å². The molecular formula is C18H16NO5S-. The molecule has 0 unspecified atom stereocenters. The number of nitrogens with zero attached hydrogens (tertiary/aromatic N) is 1. The SMILES string of the molecule is Cc1c(C(=O)[O-])oc2ccc(S(=O)(=O)N(C)Cc3ccccc3)cc12. The number of hydrogen-bond acceptors (Lipinski definition) is 5. The molecule has 7 heteroatoms. The Kier molecular flexibility index (Phi) is 4.36. The summed E-state index contributed by atoms with van der Waals surface area (Å²) in [6, 6.07) is 13.5. The summed E-state index contributed by atoms with van der Waals surface area (Å²) in [7, 11) is -2.23. The van der Waals surface area contributed by atoms with Crippen molar-refractivity contribution in [3.8, 4) is 0 Å². The Balaban J connectivity index is 1.99. The first kappa shape index (κ1) is 17.2. The van der Waals surface area contributed by atoms with Crippen LogP contribution in [0, 0.1) is 6.92 Å². The van der Waals surface area contributed by atoms with E-state index in [4.69, 9.17) is 4.42 Å². The molecule has 2 aromatic carbocycles. The summed E-state index contributed by atoms with van der Waals surface area (Å²) in [6.07, 6.45) is 0. The predicted molar refractivity (Wildman–Crippen MR) is 90.4 cm³/mol. The molecule has 0 spiro atoms. The van der Waals surface area contributed by atoms with E-state index in [0.29, 0.717) is 16.5 Å². The summed E-state index contributed by atoms with van der Waals surface area (Å²) in [6.45, 7) is 1.79. The van der Waals surface area contributed by atoms with Gasteiger partial charge in [0, 0.05) is 24.5 Å². The molecule has 0 saturated heterocycles. The molecule has 0 amide bonds. The third-order valence-corrected chi connectivity index (χ3v) is 5.85. The molecule has 0 aliphatic rings. The number of carbonyl (C=O) groups is 1. The fraction of sp³-hybridized carbons (Fsp3) is 0.167. The smallest absolute Gasteiger partial charge is 0.243 e. The number of aromatic carboxylic acids is 1. The van der Waals surface area contributed by atoms with E-state index in [2.05, 4.69) is 0 Å². The Morgan fingerprint density at radius 1 is 1.16 bits per heavy atom. The maximum atomic E-state index is 12.8. The first-order chi connectivity index (χ1) is 11.8. The average molecular weight is 358 g/mol. The lowest BCUT2D eigenvalue weighted by atomic mass is 10.1. The van der Waals surface area contributed by atoms with Crippen LogP contribution in [0.15, 0.2) is 57.8 Å². The van der Waals surface area contributed by atoms with E-state index in [0.717, 1.165) is 5.56 Å². The lowest BCUT2D eigenvalue weighted by Gasteiger charge is -2.17. The topological polar surface area (TPSA) is 90.6 Å². The Labute approximate surface area is 145 Å². The number of carboxylic acid groups (broad SMARTS) is 1. The zero-order valence-electron chi connectivity index (χ0n) is 13.7. The second kappa shape index (κ2) is 6.34. The third kappa shape index (κ3) is 3.16. The number of hydrogen-bond donors (Lipinski definition) is 0. The average Bonchev–Trinajstić information content (AvgIpc) is 2.92. The van der Waals surface area contributed by atoms with Crippen LogP contribution in [0.1, 0.15) is 21.7 Å². The molecule has 25 heavy (non-hydrogen) atoms. The van der Waals surface area contributed by atoms with Crippen molar-refractivity contribution in [2.75, 3.05) is 7.05 Å². The summed E-state index contributed by atoms with van der Waals surface area (Å²) in [5, 5.41) is 11.5. The maximum absolute atomic E-state index is 12.8. The van der Waals surface area contributed by atoms with Crippen molar-refractivity contribution < 1.29 is 22.7 Å². The molecule has 3 aromatic rings. The molecule has 3 rings (SSSR count). The van der Waals surface area contributed by atoms with Crippen molar-refractivity contribution >= 4 is 27.0 Å². The van der Waals surface area contributed by atoms with E-state index < -0.39 is 16.0 Å². The molecule has 0 N–H and O–H groups in total. The van der Waals surface area contributed by atoms with Gasteiger partial charge in [-0.25, -0.2) is 8.42 Å². The van der Waals surface area contributed by atoms with Crippen molar-refractivity contribution in [2.24, 2.45) is 0 Å². The highest BCUT2D eigenvalue weighted by Gasteiger charge is 2.22. The van der Waals surface area contributed by atoms with Gasteiger partial charge in [0.1, 0.15) is 11.6 Å². The van der Waals surface area contributed by atoms with Gasteiger partial charge in [0.15, 0.2) is 5.76 Å². The highest BCUT2D eigenvalue weighted by Crippen LogP contribution is 2.28. The van der Waals surface area contributed by atoms with Gasteiger partial charge in [-0.2, -0.15) is 4.31 Å². The second-order valence-corrected chi connectivity index (χ2v) is 7.79. The fourth-order valence-electron chi connectivity index (χ4n) is 2.66. The summed E-state index contributed by atoms with van der Waals surface area (Å²) in [4.78, 5) is 11.1. The zero-order valence-corrected chi connectivity index (χ0v) is 14.5. The number of fused-ring (bicyclic) bond motifs is 1. The van der Waals surface area contributed by atoms with Gasteiger partial charge in [-0.05, 0) is 30.7 Å². The van der Waals surface area contributed by atoms with E-state index in [9.17, 15) is 18.3 Å². The molecule has 130 valence electrons. The van der Waals surface area contributed by atoms with Crippen LogP contribution in [0.2, 0.25) is 0 Å². The molecule has 0 aliphatic heterocycles. The molecule has 0 saturated carbocycles. The quantitative estimate of drug-likeness (QED) is 0.695. The number of benzene rings is 2. The first-order valence-corrected chi connectivity index (χ1v) is 8.99. The van der Waals surface area contributed by atoms with Gasteiger partial charge in [-0.3, -0.25) is 0 Å². The number of carbonyl (C=O) groups excluding carboxylic acids is 1. The third-order valence-electron chi connectivity index (χ3n) is 4.05. The van der Waals surface area contributed by atoms with Crippen LogP contribution in [0.4, 0.5) is 0 Å². The molecule has 6 nitrogen and oxygen atoms in total. The molecular weight excluding hydrogens is 342 g/mol. The van der Waals surface area contributed by atoms with Crippen molar-refractivity contribution in [1.82, 2.24) is 4.31 Å². The number of aryl methyl sites for hydroxylation is 1. The fourth-order valence-corrected chi connectivity index (χ4v) is 3.85. The van der Waals surface area contributed by atoms with E-state index in [1.54, 1.807) is 6.92 Å². The van der Waals surface area contributed by atoms with Gasteiger partial charge in [-0.15, -0.1) is 0 Å². The van der Waals surface area contributed by atoms with Crippen LogP contribution in [0.25, 0.3) is 11.0 Å². The van der Waals surface area contributed by atoms with Crippen LogP contribution in [0.3, 0.4) is 0 Å². The molecule has 1 aromatic heterocycles. The number of furan rings is 1. The van der Waals surface area contributed by atoms with Crippen molar-refractivity contribution in [3.05, 3.63) is 65.4 Å². The van der Waals surface area contributed by atoms with Crippen LogP contribution >= 0.6 is 0 Å². The van der Waals surface area contributed by atoms with E-state index >= 15 is 0 Å². The van der Waals surface area contributed by atoms with Crippen LogP contribution in [-0.2, 0) is 16.6 Å². The van der Waals surface area contributed by atoms with Crippen molar-refractivity contribution in [2.45, 2.75) is 18.4 Å². The van der Waals surface area contributed by atoms with E-state index in [1.165, 1.54) is 29.6 Å². The summed E-state index contributed by atoms with van der Waals surface area (Å²) in [5.74, 6) is -1.72. The first-order valence-electron chi connectivity index (χ1n) is 7.55.